The molecule has 0 radical (unpaired) electrons. The average molecular weight is 1630 g/mol. The van der Waals surface area contributed by atoms with Crippen molar-refractivity contribution in [1.29, 1.82) is 0 Å². The molecule has 11 atom stereocenters. The van der Waals surface area contributed by atoms with Crippen LogP contribution in [0.4, 0.5) is 13.2 Å². The summed E-state index contributed by atoms with van der Waals surface area (Å²) in [6.45, 7) is 61.8. The number of aliphatic hydroxyl groups excluding tert-OH is 1. The second-order valence-electron chi connectivity index (χ2n) is 35.3. The van der Waals surface area contributed by atoms with Gasteiger partial charge < -0.3 is 51.6 Å². The summed E-state index contributed by atoms with van der Waals surface area (Å²) in [5.74, 6) is 6.29. The van der Waals surface area contributed by atoms with Crippen LogP contribution in [0.5, 0.6) is 0 Å². The molecule has 0 aromatic carbocycles. The third-order valence-corrected chi connectivity index (χ3v) is 21.2. The molecule has 8 N–H and O–H groups in total. The number of nitrogens with one attached hydrogen (secondary N) is 4. The summed E-state index contributed by atoms with van der Waals surface area (Å²) in [6.07, 6.45) is 23.7. The molecular formula is C95H185F3N6O10. The lowest BCUT2D eigenvalue weighted by molar-refractivity contribution is -0.128. The second-order valence-corrected chi connectivity index (χ2v) is 35.3. The monoisotopic (exact) mass is 1630 g/mol. The van der Waals surface area contributed by atoms with Gasteiger partial charge in [-0.15, -0.1) is 0 Å². The van der Waals surface area contributed by atoms with Crippen molar-refractivity contribution >= 4 is 46.8 Å². The van der Waals surface area contributed by atoms with Gasteiger partial charge >= 0.3 is 0 Å². The van der Waals surface area contributed by atoms with Crippen LogP contribution in [0, 0.1) is 112 Å². The Morgan fingerprint density at radius 2 is 0.702 bits per heavy atom. The van der Waals surface area contributed by atoms with Gasteiger partial charge in [0.25, 0.3) is 0 Å². The number of unbranched alkanes of at least 4 members (excludes halogenated alkanes) is 3. The van der Waals surface area contributed by atoms with E-state index in [4.69, 9.17) is 10.8 Å². The molecular weight excluding hydrogens is 1440 g/mol. The highest BCUT2D eigenvalue weighted by atomic mass is 19.1. The maximum absolute atomic E-state index is 12.9. The molecule has 1 heterocycles. The highest BCUT2D eigenvalue weighted by Gasteiger charge is 2.30. The van der Waals surface area contributed by atoms with Crippen molar-refractivity contribution in [2.45, 2.75) is 368 Å². The molecule has 0 aliphatic heterocycles. The molecule has 0 aliphatic carbocycles. The van der Waals surface area contributed by atoms with Crippen LogP contribution in [0.15, 0.2) is 24.4 Å². The summed E-state index contributed by atoms with van der Waals surface area (Å²) in [5, 5.41) is 29.4. The maximum Gasteiger partial charge on any atom is 0.223 e. The van der Waals surface area contributed by atoms with E-state index in [-0.39, 0.29) is 109 Å². The van der Waals surface area contributed by atoms with Crippen molar-refractivity contribution in [2.24, 2.45) is 118 Å². The van der Waals surface area contributed by atoms with Crippen molar-refractivity contribution in [2.75, 3.05) is 52.8 Å². The molecule has 0 saturated heterocycles. The number of hydrogen-bond acceptors (Lipinski definition) is 12. The number of nitrogens with two attached hydrogens (primary N) is 1. The summed E-state index contributed by atoms with van der Waals surface area (Å²) in [4.78, 5) is 95.6. The molecule has 9 unspecified atom stereocenters. The number of aromatic nitrogens is 1. The summed E-state index contributed by atoms with van der Waals surface area (Å²) in [7, 11) is 0. The zero-order valence-corrected chi connectivity index (χ0v) is 79.2. The number of pyridine rings is 1. The molecule has 4 amide bonds. The van der Waals surface area contributed by atoms with Crippen LogP contribution < -0.4 is 27.0 Å². The van der Waals surface area contributed by atoms with Gasteiger partial charge in [0.2, 0.25) is 23.6 Å². The molecule has 676 valence electrons. The Labute approximate surface area is 699 Å². The van der Waals surface area contributed by atoms with Gasteiger partial charge in [-0.05, 0) is 181 Å². The SMILES string of the molecule is CCCC(C(=O)CC)C(C)C.CCCC(C(=O)NCC(C)(C)O)C(C)C.CCCC(C(=O)NCCN)C(C)C.CCCC(C(=O)NCCO)C(C)C.CCCC(C(=O)NCc1ccccn1)C(C)C.CCCCC(C(C)C)C(CF)CC(C)=O.CCCCC(C(C)C)[C@@H](CF)CC(C)=O.CCCCC(C(C)C)[C@H](CF)CC(C)=O. The fraction of sp³-hybridized carbons (Fsp3) is 0.863. The minimum absolute atomic E-state index is 0.0165. The first kappa shape index (κ1) is 123. The Kier molecular flexibility index (Phi) is 84.1. The third kappa shape index (κ3) is 68.3. The number of carbonyl (C=O) groups excluding carboxylic acids is 8. The Morgan fingerprint density at radius 1 is 0.412 bits per heavy atom. The minimum Gasteiger partial charge on any atom is -0.395 e. The number of hydrogen-bond donors (Lipinski definition) is 7. The van der Waals surface area contributed by atoms with Crippen LogP contribution >= 0.6 is 0 Å². The highest BCUT2D eigenvalue weighted by Crippen LogP contribution is 2.33. The van der Waals surface area contributed by atoms with Crippen molar-refractivity contribution in [3.63, 3.8) is 0 Å². The normalized spacial score (nSPS) is 14.0. The number of rotatable bonds is 53. The van der Waals surface area contributed by atoms with Gasteiger partial charge in [-0.3, -0.25) is 42.1 Å². The standard InChI is InChI=1S/C14H22N2O.3C13H25FO.C12H25NO2.C10H22N2O.C10H21NO2.C10H20O/c1-4-7-13(11(2)3)14(17)16-10-12-8-5-6-9-15-12;3*1-5-6-7-13(10(2)3)12(9-14)8-11(4)15;1-6-7-10(9(2)3)11(14)13-8-12(4,5)15;1-4-5-9(8(2)3)10(13)12-7-6-11;1-4-5-9(8(2)3)10(13)11-6-7-12;1-5-7-9(8(3)4)10(11)6-2/h5-6,8-9,11,13H,4,7,10H2,1-3H3,(H,16,17);3*10,12-13H,5-9H2,1-4H3;9-10,15H,6-8H2,1-5H3,(H,13,14);8-9H,4-7,11H2,1-3H3,(H,12,13);8-9,12H,4-7H2,1-3H3,(H,11,13);8-9H,5-7H2,1-4H3/t;2*12-,13?;;;;;/m.10...../s1. The van der Waals surface area contributed by atoms with E-state index in [0.717, 1.165) is 128 Å². The number of amides is 4. The van der Waals surface area contributed by atoms with Crippen molar-refractivity contribution in [1.82, 2.24) is 26.3 Å². The molecule has 16 nitrogen and oxygen atoms in total. The highest BCUT2D eigenvalue weighted by molar-refractivity contribution is 5.81. The van der Waals surface area contributed by atoms with Gasteiger partial charge in [0.1, 0.15) is 23.1 Å². The molecule has 0 spiro atoms. The average Bonchev–Trinajstić information content (AvgIpc) is 0.888. The van der Waals surface area contributed by atoms with Crippen LogP contribution in [0.1, 0.15) is 361 Å². The topological polar surface area (TPSA) is 264 Å². The number of Topliss-reactive ketones (excluding diaryl/α,β-unsaturated/α-hetero) is 4. The van der Waals surface area contributed by atoms with Crippen molar-refractivity contribution in [3.8, 4) is 0 Å². The number of halogens is 3. The lowest BCUT2D eigenvalue weighted by Gasteiger charge is -2.27. The Morgan fingerprint density at radius 3 is 0.921 bits per heavy atom. The summed E-state index contributed by atoms with van der Waals surface area (Å²) in [6, 6.07) is 5.73. The molecule has 0 fully saturated rings. The van der Waals surface area contributed by atoms with Crippen LogP contribution in [0.2, 0.25) is 0 Å². The number of aliphatic hydroxyl groups is 2. The smallest absolute Gasteiger partial charge is 0.223 e. The van der Waals surface area contributed by atoms with Gasteiger partial charge in [0.05, 0.1) is 44.5 Å². The Bertz CT molecular complexity index is 2330. The van der Waals surface area contributed by atoms with Crippen LogP contribution in [0.25, 0.3) is 0 Å². The Balaban J connectivity index is -0.000000230. The number of carbonyl (C=O) groups is 8. The molecule has 1 aromatic rings. The summed E-state index contributed by atoms with van der Waals surface area (Å²) >= 11 is 0. The first-order valence-corrected chi connectivity index (χ1v) is 45.1. The van der Waals surface area contributed by atoms with Gasteiger partial charge in [0.15, 0.2) is 0 Å². The zero-order chi connectivity index (χ0) is 89.7. The van der Waals surface area contributed by atoms with E-state index >= 15 is 0 Å². The van der Waals surface area contributed by atoms with Crippen molar-refractivity contribution in [3.05, 3.63) is 30.1 Å². The number of nitrogens with zero attached hydrogens (tertiary/aromatic N) is 1. The van der Waals surface area contributed by atoms with E-state index in [1.165, 1.54) is 0 Å². The van der Waals surface area contributed by atoms with Gasteiger partial charge in [-0.2, -0.15) is 0 Å². The molecule has 19 heteroatoms. The number of alkyl halides is 3. The lowest BCUT2D eigenvalue weighted by Crippen LogP contribution is -2.42. The van der Waals surface area contributed by atoms with Crippen molar-refractivity contribution < 1.29 is 61.7 Å². The van der Waals surface area contributed by atoms with Gasteiger partial charge in [0, 0.05) is 87.6 Å². The van der Waals surface area contributed by atoms with E-state index in [9.17, 15) is 56.6 Å². The van der Waals surface area contributed by atoms with E-state index < -0.39 is 5.60 Å². The van der Waals surface area contributed by atoms with Crippen LogP contribution in [-0.2, 0) is 44.9 Å². The van der Waals surface area contributed by atoms with Crippen LogP contribution in [-0.4, -0.2) is 120 Å². The van der Waals surface area contributed by atoms with Gasteiger partial charge in [-0.25, -0.2) is 0 Å². The molecule has 1 aromatic heterocycles. The predicted octanol–water partition coefficient (Wildman–Crippen LogP) is 22.1. The van der Waals surface area contributed by atoms with E-state index in [2.05, 4.69) is 192 Å². The minimum atomic E-state index is -0.830. The largest absolute Gasteiger partial charge is 0.395 e. The molecule has 114 heavy (non-hydrogen) atoms. The lowest BCUT2D eigenvalue weighted by atomic mass is 9.78. The first-order valence-electron chi connectivity index (χ1n) is 45.1. The Hall–Kier alpha value is -4.62. The predicted molar refractivity (Wildman–Crippen MR) is 477 cm³/mol. The molecule has 0 saturated carbocycles. The van der Waals surface area contributed by atoms with E-state index in [1.54, 1.807) is 40.8 Å². The fourth-order valence-corrected chi connectivity index (χ4v) is 14.4. The third-order valence-electron chi connectivity index (χ3n) is 21.2. The van der Waals surface area contributed by atoms with Gasteiger partial charge in [-0.1, -0.05) is 250 Å². The summed E-state index contributed by atoms with van der Waals surface area (Å²) < 4.78 is 38.7. The van der Waals surface area contributed by atoms with E-state index in [0.29, 0.717) is 135 Å². The molecule has 0 bridgehead atoms. The molecule has 0 aliphatic rings. The fourth-order valence-electron chi connectivity index (χ4n) is 14.4. The quantitative estimate of drug-likeness (QED) is 0.0321. The van der Waals surface area contributed by atoms with Crippen LogP contribution in [0.3, 0.4) is 0 Å². The molecule has 1 rings (SSSR count). The zero-order valence-electron chi connectivity index (χ0n) is 79.2. The first-order chi connectivity index (χ1) is 53.4. The maximum atomic E-state index is 12.9. The second kappa shape index (κ2) is 78.2. The number of ketones is 4. The summed E-state index contributed by atoms with van der Waals surface area (Å²) in [5.41, 5.74) is 5.38. The van der Waals surface area contributed by atoms with E-state index in [1.807, 2.05) is 25.1 Å².